The summed E-state index contributed by atoms with van der Waals surface area (Å²) < 4.78 is 0.165. The van der Waals surface area contributed by atoms with Gasteiger partial charge in [0.2, 0.25) is 0 Å². The summed E-state index contributed by atoms with van der Waals surface area (Å²) in [5.41, 5.74) is 0.381. The second kappa shape index (κ2) is 7.10. The Balaban J connectivity index is 2.36. The van der Waals surface area contributed by atoms with Crippen molar-refractivity contribution in [2.45, 2.75) is 19.9 Å². The van der Waals surface area contributed by atoms with Crippen molar-refractivity contribution in [1.82, 2.24) is 4.90 Å². The number of rotatable bonds is 5. The second-order valence-corrected chi connectivity index (χ2v) is 7.11. The van der Waals surface area contributed by atoms with E-state index in [2.05, 4.69) is 0 Å². The molecular weight excluding hydrogens is 352 g/mol. The highest BCUT2D eigenvalue weighted by atomic mass is 32.2. The largest absolute Gasteiger partial charge is 0.480 e. The number of carbonyl (C=O) groups excluding carboxylic acids is 1. The molecule has 1 fully saturated rings. The van der Waals surface area contributed by atoms with E-state index in [0.717, 1.165) is 16.7 Å². The number of nitro benzene ring substituents is 1. The van der Waals surface area contributed by atoms with Crippen LogP contribution in [-0.2, 0) is 9.59 Å². The van der Waals surface area contributed by atoms with Crippen molar-refractivity contribution >= 4 is 51.9 Å². The molecule has 0 aliphatic carbocycles. The molecule has 1 heterocycles. The average molecular weight is 366 g/mol. The standard InChI is InChI=1S/C15H14N2O5S2/c1-8(2)12(14(19)20)16-13(18)11(24-15(16)23)7-9-4-3-5-10(6-9)17(21)22/h3-8,12H,1-2H3,(H,19,20). The molecule has 1 amide bonds. The number of thioether (sulfide) groups is 1. The average Bonchev–Trinajstić information content (AvgIpc) is 2.75. The van der Waals surface area contributed by atoms with Crippen LogP contribution in [0.2, 0.25) is 0 Å². The molecular formula is C15H14N2O5S2. The molecule has 7 nitrogen and oxygen atoms in total. The molecule has 1 atom stereocenters. The molecule has 0 spiro atoms. The Labute approximate surface area is 147 Å². The van der Waals surface area contributed by atoms with Gasteiger partial charge in [-0.05, 0) is 17.6 Å². The number of aliphatic carboxylic acids is 1. The SMILES string of the molecule is CC(C)C(C(=O)O)N1C(=O)C(=Cc2cccc([N+](=O)[O-])c2)SC1=S. The van der Waals surface area contributed by atoms with Crippen molar-refractivity contribution in [3.63, 3.8) is 0 Å². The van der Waals surface area contributed by atoms with E-state index in [-0.39, 0.29) is 20.8 Å². The van der Waals surface area contributed by atoms with Crippen LogP contribution in [0.15, 0.2) is 29.2 Å². The Morgan fingerprint density at radius 3 is 2.67 bits per heavy atom. The predicted molar refractivity (Wildman–Crippen MR) is 94.4 cm³/mol. The van der Waals surface area contributed by atoms with Crippen molar-refractivity contribution in [2.24, 2.45) is 5.92 Å². The molecule has 1 saturated heterocycles. The molecule has 1 aliphatic rings. The fraction of sp³-hybridized carbons (Fsp3) is 0.267. The lowest BCUT2D eigenvalue weighted by molar-refractivity contribution is -0.384. The van der Waals surface area contributed by atoms with Crippen molar-refractivity contribution in [3.05, 3.63) is 44.8 Å². The van der Waals surface area contributed by atoms with Gasteiger partial charge in [-0.15, -0.1) is 0 Å². The van der Waals surface area contributed by atoms with E-state index in [1.54, 1.807) is 19.9 Å². The normalized spacial score (nSPS) is 17.6. The van der Waals surface area contributed by atoms with Gasteiger partial charge in [-0.1, -0.05) is 50.0 Å². The van der Waals surface area contributed by atoms with E-state index in [9.17, 15) is 24.8 Å². The van der Waals surface area contributed by atoms with Crippen LogP contribution in [0.4, 0.5) is 5.69 Å². The van der Waals surface area contributed by atoms with E-state index in [4.69, 9.17) is 12.2 Å². The van der Waals surface area contributed by atoms with Crippen LogP contribution in [0, 0.1) is 16.0 Å². The van der Waals surface area contributed by atoms with E-state index < -0.39 is 22.8 Å². The summed E-state index contributed by atoms with van der Waals surface area (Å²) in [6.45, 7) is 3.39. The summed E-state index contributed by atoms with van der Waals surface area (Å²) in [7, 11) is 0. The van der Waals surface area contributed by atoms with Crippen LogP contribution < -0.4 is 0 Å². The Morgan fingerprint density at radius 2 is 2.12 bits per heavy atom. The van der Waals surface area contributed by atoms with Gasteiger partial charge in [0.15, 0.2) is 0 Å². The number of carboxylic acid groups (broad SMARTS) is 1. The number of amides is 1. The van der Waals surface area contributed by atoms with Gasteiger partial charge < -0.3 is 5.11 Å². The first-order chi connectivity index (χ1) is 11.2. The summed E-state index contributed by atoms with van der Waals surface area (Å²) in [5, 5.41) is 20.2. The van der Waals surface area contributed by atoms with Crippen LogP contribution in [0.25, 0.3) is 6.08 Å². The fourth-order valence-electron chi connectivity index (χ4n) is 2.29. The maximum absolute atomic E-state index is 12.5. The highest BCUT2D eigenvalue weighted by Gasteiger charge is 2.41. The minimum absolute atomic E-state index is 0.0928. The Morgan fingerprint density at radius 1 is 1.46 bits per heavy atom. The van der Waals surface area contributed by atoms with Gasteiger partial charge in [0.25, 0.3) is 11.6 Å². The number of carbonyl (C=O) groups is 2. The summed E-state index contributed by atoms with van der Waals surface area (Å²) in [6.07, 6.45) is 1.48. The molecule has 1 unspecified atom stereocenters. The zero-order valence-electron chi connectivity index (χ0n) is 12.8. The topological polar surface area (TPSA) is 101 Å². The van der Waals surface area contributed by atoms with E-state index in [1.807, 2.05) is 0 Å². The van der Waals surface area contributed by atoms with Crippen molar-refractivity contribution < 1.29 is 19.6 Å². The summed E-state index contributed by atoms with van der Waals surface area (Å²) in [6, 6.07) is 4.77. The summed E-state index contributed by atoms with van der Waals surface area (Å²) >= 11 is 6.14. The van der Waals surface area contributed by atoms with Gasteiger partial charge in [0, 0.05) is 12.1 Å². The molecule has 9 heteroatoms. The molecule has 1 aromatic carbocycles. The summed E-state index contributed by atoms with van der Waals surface area (Å²) in [4.78, 5) is 35.6. The third kappa shape index (κ3) is 3.62. The number of thiocarbonyl (C=S) groups is 1. The van der Waals surface area contributed by atoms with E-state index in [0.29, 0.717) is 5.56 Å². The van der Waals surface area contributed by atoms with Gasteiger partial charge in [-0.25, -0.2) is 4.79 Å². The van der Waals surface area contributed by atoms with Gasteiger partial charge in [0.05, 0.1) is 9.83 Å². The number of carboxylic acids is 1. The molecule has 2 rings (SSSR count). The van der Waals surface area contributed by atoms with Crippen molar-refractivity contribution in [3.8, 4) is 0 Å². The number of nitro groups is 1. The lowest BCUT2D eigenvalue weighted by Gasteiger charge is -2.26. The smallest absolute Gasteiger partial charge is 0.327 e. The minimum atomic E-state index is -1.13. The maximum atomic E-state index is 12.5. The maximum Gasteiger partial charge on any atom is 0.327 e. The predicted octanol–water partition coefficient (Wildman–Crippen LogP) is 2.91. The number of benzene rings is 1. The van der Waals surface area contributed by atoms with E-state index in [1.165, 1.54) is 24.3 Å². The summed E-state index contributed by atoms with van der Waals surface area (Å²) in [5.74, 6) is -1.95. The van der Waals surface area contributed by atoms with Gasteiger partial charge in [0.1, 0.15) is 10.4 Å². The van der Waals surface area contributed by atoms with Gasteiger partial charge >= 0.3 is 5.97 Å². The molecule has 0 aromatic heterocycles. The minimum Gasteiger partial charge on any atom is -0.480 e. The Kier molecular flexibility index (Phi) is 5.35. The van der Waals surface area contributed by atoms with Crippen LogP contribution in [-0.4, -0.2) is 37.2 Å². The zero-order chi connectivity index (χ0) is 18.0. The molecule has 1 aromatic rings. The van der Waals surface area contributed by atoms with Crippen LogP contribution in [0.5, 0.6) is 0 Å². The molecule has 0 saturated carbocycles. The first-order valence-corrected chi connectivity index (χ1v) is 8.19. The van der Waals surface area contributed by atoms with Crippen LogP contribution in [0.1, 0.15) is 19.4 Å². The fourth-order valence-corrected chi connectivity index (χ4v) is 3.62. The number of hydrogen-bond donors (Lipinski definition) is 1. The highest BCUT2D eigenvalue weighted by Crippen LogP contribution is 2.35. The lowest BCUT2D eigenvalue weighted by Crippen LogP contribution is -2.47. The lowest BCUT2D eigenvalue weighted by atomic mass is 10.0. The zero-order valence-corrected chi connectivity index (χ0v) is 14.5. The third-order valence-electron chi connectivity index (χ3n) is 3.37. The van der Waals surface area contributed by atoms with Crippen molar-refractivity contribution in [2.75, 3.05) is 0 Å². The van der Waals surface area contributed by atoms with E-state index >= 15 is 0 Å². The molecule has 24 heavy (non-hydrogen) atoms. The Hall–Kier alpha value is -2.26. The molecule has 1 aliphatic heterocycles. The van der Waals surface area contributed by atoms with Crippen LogP contribution >= 0.6 is 24.0 Å². The van der Waals surface area contributed by atoms with Gasteiger partial charge in [-0.2, -0.15) is 0 Å². The first kappa shape index (κ1) is 18.1. The highest BCUT2D eigenvalue weighted by molar-refractivity contribution is 8.26. The third-order valence-corrected chi connectivity index (χ3v) is 4.70. The molecule has 0 bridgehead atoms. The monoisotopic (exact) mass is 366 g/mol. The molecule has 0 radical (unpaired) electrons. The molecule has 126 valence electrons. The number of non-ortho nitro benzene ring substituents is 1. The first-order valence-electron chi connectivity index (χ1n) is 6.96. The van der Waals surface area contributed by atoms with Gasteiger partial charge in [-0.3, -0.25) is 19.8 Å². The second-order valence-electron chi connectivity index (χ2n) is 5.43. The number of nitrogens with zero attached hydrogens (tertiary/aromatic N) is 2. The Bertz CT molecular complexity index is 760. The quantitative estimate of drug-likeness (QED) is 0.370. The van der Waals surface area contributed by atoms with Crippen molar-refractivity contribution in [1.29, 1.82) is 0 Å². The molecule has 1 N–H and O–H groups in total. The number of hydrogen-bond acceptors (Lipinski definition) is 6. The van der Waals surface area contributed by atoms with Crippen LogP contribution in [0.3, 0.4) is 0 Å².